The predicted molar refractivity (Wildman–Crippen MR) is 136 cm³/mol. The minimum atomic E-state index is -0.0916. The zero-order valence-corrected chi connectivity index (χ0v) is 20.7. The summed E-state index contributed by atoms with van der Waals surface area (Å²) in [6, 6.07) is 7.74. The fourth-order valence-electron chi connectivity index (χ4n) is 5.34. The summed E-state index contributed by atoms with van der Waals surface area (Å²) in [7, 11) is 0. The summed E-state index contributed by atoms with van der Waals surface area (Å²) in [6.07, 6.45) is 5.79. The van der Waals surface area contributed by atoms with Crippen LogP contribution < -0.4 is 10.2 Å². The van der Waals surface area contributed by atoms with Crippen LogP contribution in [0.1, 0.15) is 58.6 Å². The zero-order valence-electron chi connectivity index (χ0n) is 20.7. The maximum Gasteiger partial charge on any atom is 0.259 e. The fourth-order valence-corrected chi connectivity index (χ4v) is 5.34. The number of H-pyrrole nitrogens is 1. The van der Waals surface area contributed by atoms with E-state index in [0.717, 1.165) is 80.3 Å². The molecule has 2 saturated heterocycles. The first-order valence-corrected chi connectivity index (χ1v) is 12.8. The topological polar surface area (TPSA) is 83.7 Å². The van der Waals surface area contributed by atoms with E-state index in [9.17, 15) is 9.59 Å². The zero-order chi connectivity index (χ0) is 24.4. The molecule has 3 aliphatic rings. The van der Waals surface area contributed by atoms with E-state index in [1.165, 1.54) is 0 Å². The SMILES string of the molecule is Cc1cc(C)c(/C=C2\C(=O)N(CC3CCOCC3)c3cc(C(=O)NCC4CCOCC4)ccc32)[nH]1. The average Bonchev–Trinajstić information content (AvgIpc) is 3.33. The second-order valence-corrected chi connectivity index (χ2v) is 10.1. The second-order valence-electron chi connectivity index (χ2n) is 10.1. The third-order valence-corrected chi connectivity index (χ3v) is 7.47. The van der Waals surface area contributed by atoms with E-state index >= 15 is 0 Å². The molecule has 0 radical (unpaired) electrons. The van der Waals surface area contributed by atoms with Crippen molar-refractivity contribution in [2.45, 2.75) is 39.5 Å². The van der Waals surface area contributed by atoms with Gasteiger partial charge in [0.15, 0.2) is 0 Å². The van der Waals surface area contributed by atoms with Gasteiger partial charge in [-0.05, 0) is 81.2 Å². The van der Waals surface area contributed by atoms with Gasteiger partial charge in [0.2, 0.25) is 0 Å². The van der Waals surface area contributed by atoms with Crippen LogP contribution in [0.25, 0.3) is 11.6 Å². The minimum Gasteiger partial charge on any atom is -0.381 e. The molecule has 7 heteroatoms. The van der Waals surface area contributed by atoms with Gasteiger partial charge in [0, 0.05) is 62.0 Å². The van der Waals surface area contributed by atoms with Crippen molar-refractivity contribution in [1.29, 1.82) is 0 Å². The number of hydrogen-bond acceptors (Lipinski definition) is 4. The Labute approximate surface area is 206 Å². The van der Waals surface area contributed by atoms with Gasteiger partial charge in [0.05, 0.1) is 11.3 Å². The number of aryl methyl sites for hydroxylation is 2. The number of ether oxygens (including phenoxy) is 2. The molecule has 7 nitrogen and oxygen atoms in total. The summed E-state index contributed by atoms with van der Waals surface area (Å²) in [5.74, 6) is 0.750. The Kier molecular flexibility index (Phi) is 7.07. The smallest absolute Gasteiger partial charge is 0.259 e. The molecular weight excluding hydrogens is 442 g/mol. The van der Waals surface area contributed by atoms with Crippen LogP contribution in [0.15, 0.2) is 24.3 Å². The summed E-state index contributed by atoms with van der Waals surface area (Å²) in [5, 5.41) is 3.09. The van der Waals surface area contributed by atoms with E-state index in [2.05, 4.69) is 16.4 Å². The Bertz CT molecular complexity index is 1120. The van der Waals surface area contributed by atoms with Gasteiger partial charge < -0.3 is 24.7 Å². The number of aromatic nitrogens is 1. The highest BCUT2D eigenvalue weighted by molar-refractivity contribution is 6.36. The molecular formula is C28H35N3O4. The van der Waals surface area contributed by atoms with Crippen LogP contribution in [0.3, 0.4) is 0 Å². The van der Waals surface area contributed by atoms with Gasteiger partial charge in [-0.3, -0.25) is 9.59 Å². The standard InChI is InChI=1S/C28H35N3O4/c1-18-13-19(2)30-25(18)15-24-23-4-3-22(27(32)29-16-20-5-9-34-10-6-20)14-26(23)31(28(24)33)17-21-7-11-35-12-8-21/h3-4,13-15,20-21,30H,5-12,16-17H2,1-2H3,(H,29,32)/b24-15-. The molecule has 1 aromatic heterocycles. The number of nitrogens with one attached hydrogen (secondary N) is 2. The molecule has 2 amide bonds. The van der Waals surface area contributed by atoms with Crippen molar-refractivity contribution in [3.63, 3.8) is 0 Å². The number of aromatic amines is 1. The first-order chi connectivity index (χ1) is 17.0. The predicted octanol–water partition coefficient (Wildman–Crippen LogP) is 4.10. The van der Waals surface area contributed by atoms with E-state index in [-0.39, 0.29) is 11.8 Å². The van der Waals surface area contributed by atoms with E-state index in [1.54, 1.807) is 0 Å². The molecule has 1 aromatic carbocycles. The van der Waals surface area contributed by atoms with Gasteiger partial charge in [-0.15, -0.1) is 0 Å². The summed E-state index contributed by atoms with van der Waals surface area (Å²) in [5.41, 5.74) is 6.09. The third-order valence-electron chi connectivity index (χ3n) is 7.47. The van der Waals surface area contributed by atoms with Crippen LogP contribution in [0, 0.1) is 25.7 Å². The molecule has 35 heavy (non-hydrogen) atoms. The minimum absolute atomic E-state index is 0.00194. The number of amides is 2. The largest absolute Gasteiger partial charge is 0.381 e. The lowest BCUT2D eigenvalue weighted by Crippen LogP contribution is -2.35. The van der Waals surface area contributed by atoms with Gasteiger partial charge in [-0.25, -0.2) is 0 Å². The Morgan fingerprint density at radius 1 is 1.06 bits per heavy atom. The maximum atomic E-state index is 13.7. The van der Waals surface area contributed by atoms with Crippen LogP contribution in [-0.2, 0) is 14.3 Å². The van der Waals surface area contributed by atoms with Crippen molar-refractivity contribution in [2.75, 3.05) is 44.4 Å². The maximum absolute atomic E-state index is 13.7. The molecule has 2 aromatic rings. The Balaban J connectivity index is 1.42. The average molecular weight is 478 g/mol. The molecule has 0 spiro atoms. The third kappa shape index (κ3) is 5.21. The Morgan fingerprint density at radius 3 is 2.40 bits per heavy atom. The summed E-state index contributed by atoms with van der Waals surface area (Å²) >= 11 is 0. The lowest BCUT2D eigenvalue weighted by Gasteiger charge is -2.27. The van der Waals surface area contributed by atoms with Crippen molar-refractivity contribution < 1.29 is 19.1 Å². The van der Waals surface area contributed by atoms with Crippen LogP contribution >= 0.6 is 0 Å². The highest BCUT2D eigenvalue weighted by Crippen LogP contribution is 2.40. The fraction of sp³-hybridized carbons (Fsp3) is 0.500. The molecule has 0 unspecified atom stereocenters. The summed E-state index contributed by atoms with van der Waals surface area (Å²) in [6.45, 7) is 8.35. The number of nitrogens with zero attached hydrogens (tertiary/aromatic N) is 1. The number of anilines is 1. The molecule has 186 valence electrons. The normalized spacial score (nSPS) is 20.5. The van der Waals surface area contributed by atoms with Crippen LogP contribution in [0.4, 0.5) is 5.69 Å². The first kappa shape index (κ1) is 23.8. The van der Waals surface area contributed by atoms with Crippen LogP contribution in [-0.4, -0.2) is 56.3 Å². The molecule has 0 aliphatic carbocycles. The number of benzene rings is 1. The lowest BCUT2D eigenvalue weighted by atomic mass is 9.99. The molecule has 2 N–H and O–H groups in total. The number of hydrogen-bond donors (Lipinski definition) is 2. The molecule has 5 rings (SSSR count). The van der Waals surface area contributed by atoms with Gasteiger partial charge in [-0.1, -0.05) is 6.07 Å². The summed E-state index contributed by atoms with van der Waals surface area (Å²) in [4.78, 5) is 31.9. The van der Waals surface area contributed by atoms with Gasteiger partial charge in [0.25, 0.3) is 11.8 Å². The number of carbonyl (C=O) groups excluding carboxylic acids is 2. The van der Waals surface area contributed by atoms with E-state index in [4.69, 9.17) is 9.47 Å². The molecule has 3 aliphatic heterocycles. The van der Waals surface area contributed by atoms with Crippen molar-refractivity contribution in [1.82, 2.24) is 10.3 Å². The highest BCUT2D eigenvalue weighted by Gasteiger charge is 2.35. The van der Waals surface area contributed by atoms with Crippen molar-refractivity contribution in [3.8, 4) is 0 Å². The van der Waals surface area contributed by atoms with Gasteiger partial charge in [-0.2, -0.15) is 0 Å². The van der Waals surface area contributed by atoms with E-state index in [0.29, 0.717) is 36.1 Å². The van der Waals surface area contributed by atoms with E-state index in [1.807, 2.05) is 43.0 Å². The molecule has 0 saturated carbocycles. The van der Waals surface area contributed by atoms with E-state index < -0.39 is 0 Å². The molecule has 2 fully saturated rings. The molecule has 4 heterocycles. The molecule has 0 atom stereocenters. The Hall–Kier alpha value is -2.90. The number of fused-ring (bicyclic) bond motifs is 1. The number of carbonyl (C=O) groups is 2. The molecule has 0 bridgehead atoms. The van der Waals surface area contributed by atoms with Crippen LogP contribution in [0.5, 0.6) is 0 Å². The highest BCUT2D eigenvalue weighted by atomic mass is 16.5. The summed E-state index contributed by atoms with van der Waals surface area (Å²) < 4.78 is 10.9. The van der Waals surface area contributed by atoms with Crippen molar-refractivity contribution in [2.24, 2.45) is 11.8 Å². The first-order valence-electron chi connectivity index (χ1n) is 12.8. The van der Waals surface area contributed by atoms with Gasteiger partial charge in [0.1, 0.15) is 0 Å². The quantitative estimate of drug-likeness (QED) is 0.614. The number of rotatable bonds is 6. The van der Waals surface area contributed by atoms with Crippen LogP contribution in [0.2, 0.25) is 0 Å². The second kappa shape index (κ2) is 10.4. The monoisotopic (exact) mass is 477 g/mol. The van der Waals surface area contributed by atoms with Gasteiger partial charge >= 0.3 is 0 Å². The van der Waals surface area contributed by atoms with Crippen molar-refractivity contribution in [3.05, 3.63) is 52.3 Å². The Morgan fingerprint density at radius 2 is 1.74 bits per heavy atom. The van der Waals surface area contributed by atoms with Crippen molar-refractivity contribution >= 4 is 29.2 Å². The lowest BCUT2D eigenvalue weighted by molar-refractivity contribution is -0.113.